The molecule has 0 aromatic heterocycles. The number of carbonyl (C=O) groups is 2. The van der Waals surface area contributed by atoms with Gasteiger partial charge >= 0.3 is 0 Å². The average molecular weight is 341 g/mol. The van der Waals surface area contributed by atoms with Crippen molar-refractivity contribution in [2.45, 2.75) is 81.1 Å². The predicted octanol–water partition coefficient (Wildman–Crippen LogP) is 4.34. The summed E-state index contributed by atoms with van der Waals surface area (Å²) in [4.78, 5) is 27.3. The summed E-state index contributed by atoms with van der Waals surface area (Å²) >= 11 is 0. The van der Waals surface area contributed by atoms with Crippen LogP contribution in [0.5, 0.6) is 0 Å². The number of carbonyl (C=O) groups excluding carboxylic acids is 2. The monoisotopic (exact) mass is 340 g/mol. The Bertz CT molecular complexity index is 393. The smallest absolute Gasteiger partial charge is 0.227 e. The summed E-state index contributed by atoms with van der Waals surface area (Å²) < 4.78 is 0. The van der Waals surface area contributed by atoms with E-state index in [2.05, 4.69) is 0 Å². The van der Waals surface area contributed by atoms with Gasteiger partial charge in [0.2, 0.25) is 11.8 Å². The van der Waals surface area contributed by atoms with E-state index in [1.165, 1.54) is 32.1 Å². The van der Waals surface area contributed by atoms with Crippen molar-refractivity contribution in [2.24, 2.45) is 10.8 Å². The highest BCUT2D eigenvalue weighted by Gasteiger charge is 2.29. The standard InChI is InChI=1S/C10H19NO.C9H17NO.CH4/c1-10(2,3)9(12)11-7-5-4-6-8-11;1-9(2,3)8(11)10-6-4-5-7-10;/h4-8H2,1-3H3;4-7H2,1-3H3;1H4. The Kier molecular flexibility index (Phi) is 9.01. The average Bonchev–Trinajstić information content (AvgIpc) is 2.99. The van der Waals surface area contributed by atoms with E-state index in [0.717, 1.165) is 26.2 Å². The third-order valence-electron chi connectivity index (χ3n) is 4.32. The van der Waals surface area contributed by atoms with Gasteiger partial charge in [-0.25, -0.2) is 0 Å². The number of nitrogens with zero attached hydrogens (tertiary/aromatic N) is 2. The van der Waals surface area contributed by atoms with Gasteiger partial charge in [-0.1, -0.05) is 49.0 Å². The number of rotatable bonds is 0. The highest BCUT2D eigenvalue weighted by molar-refractivity contribution is 5.82. The first-order valence-corrected chi connectivity index (χ1v) is 9.12. The van der Waals surface area contributed by atoms with Crippen LogP contribution in [0.4, 0.5) is 0 Å². The van der Waals surface area contributed by atoms with Crippen LogP contribution in [0.15, 0.2) is 0 Å². The van der Waals surface area contributed by atoms with Gasteiger partial charge in [-0.15, -0.1) is 0 Å². The number of hydrogen-bond donors (Lipinski definition) is 0. The number of hydrogen-bond acceptors (Lipinski definition) is 2. The molecule has 2 rings (SSSR count). The van der Waals surface area contributed by atoms with Crippen LogP contribution in [0.1, 0.15) is 81.1 Å². The first kappa shape index (κ1) is 22.9. The van der Waals surface area contributed by atoms with Crippen molar-refractivity contribution < 1.29 is 9.59 Å². The maximum absolute atomic E-state index is 11.7. The van der Waals surface area contributed by atoms with Gasteiger partial charge < -0.3 is 9.80 Å². The molecule has 0 aromatic carbocycles. The predicted molar refractivity (Wildman–Crippen MR) is 102 cm³/mol. The van der Waals surface area contributed by atoms with Gasteiger partial charge in [0.15, 0.2) is 0 Å². The number of likely N-dealkylation sites (tertiary alicyclic amines) is 2. The highest BCUT2D eigenvalue weighted by atomic mass is 16.2. The van der Waals surface area contributed by atoms with Crippen molar-refractivity contribution in [3.05, 3.63) is 0 Å². The molecule has 4 heteroatoms. The molecule has 2 saturated heterocycles. The molecule has 0 spiro atoms. The lowest BCUT2D eigenvalue weighted by molar-refractivity contribution is -0.140. The molecule has 2 aliphatic heterocycles. The van der Waals surface area contributed by atoms with Crippen LogP contribution in [-0.4, -0.2) is 47.8 Å². The second-order valence-electron chi connectivity index (χ2n) is 8.85. The van der Waals surface area contributed by atoms with E-state index in [1.807, 2.05) is 51.3 Å². The van der Waals surface area contributed by atoms with E-state index in [0.29, 0.717) is 11.8 Å². The van der Waals surface area contributed by atoms with E-state index in [4.69, 9.17) is 0 Å². The lowest BCUT2D eigenvalue weighted by atomic mass is 9.93. The summed E-state index contributed by atoms with van der Waals surface area (Å²) in [5.41, 5.74) is -0.387. The molecule has 0 unspecified atom stereocenters. The van der Waals surface area contributed by atoms with Gasteiger partial charge in [0.1, 0.15) is 0 Å². The Morgan fingerprint density at radius 2 is 0.833 bits per heavy atom. The van der Waals surface area contributed by atoms with Crippen LogP contribution >= 0.6 is 0 Å². The minimum atomic E-state index is -0.197. The summed E-state index contributed by atoms with van der Waals surface area (Å²) in [6.07, 6.45) is 6.02. The van der Waals surface area contributed by atoms with Crippen LogP contribution in [0.2, 0.25) is 0 Å². The maximum atomic E-state index is 11.7. The molecule has 0 saturated carbocycles. The third kappa shape index (κ3) is 7.23. The van der Waals surface area contributed by atoms with E-state index >= 15 is 0 Å². The second kappa shape index (κ2) is 9.43. The van der Waals surface area contributed by atoms with Crippen molar-refractivity contribution in [1.82, 2.24) is 9.80 Å². The summed E-state index contributed by atoms with van der Waals surface area (Å²) in [5.74, 6) is 0.609. The van der Waals surface area contributed by atoms with Gasteiger partial charge in [-0.2, -0.15) is 0 Å². The number of piperidine rings is 1. The van der Waals surface area contributed by atoms with E-state index < -0.39 is 0 Å². The summed E-state index contributed by atoms with van der Waals surface area (Å²) in [6, 6.07) is 0. The quantitative estimate of drug-likeness (QED) is 0.658. The summed E-state index contributed by atoms with van der Waals surface area (Å²) in [7, 11) is 0. The molecule has 0 bridgehead atoms. The number of amides is 2. The molecular formula is C20H40N2O2. The minimum Gasteiger partial charge on any atom is -0.342 e. The van der Waals surface area contributed by atoms with Crippen LogP contribution in [0, 0.1) is 10.8 Å². The first-order chi connectivity index (χ1) is 10.5. The van der Waals surface area contributed by atoms with Crippen molar-refractivity contribution in [3.63, 3.8) is 0 Å². The molecule has 0 aromatic rings. The van der Waals surface area contributed by atoms with Crippen LogP contribution in [0.25, 0.3) is 0 Å². The van der Waals surface area contributed by atoms with Gasteiger partial charge in [0, 0.05) is 37.0 Å². The molecule has 2 aliphatic rings. The molecule has 4 nitrogen and oxygen atoms in total. The SMILES string of the molecule is C.CC(C)(C)C(=O)N1CCCC1.CC(C)(C)C(=O)N1CCCCC1. The zero-order valence-electron chi connectivity index (χ0n) is 16.1. The largest absolute Gasteiger partial charge is 0.342 e. The molecule has 0 aliphatic carbocycles. The molecule has 0 atom stereocenters. The minimum absolute atomic E-state index is 0. The summed E-state index contributed by atoms with van der Waals surface area (Å²) in [6.45, 7) is 15.8. The fourth-order valence-electron chi connectivity index (χ4n) is 2.97. The van der Waals surface area contributed by atoms with Gasteiger partial charge in [0.05, 0.1) is 0 Å². The summed E-state index contributed by atoms with van der Waals surface area (Å²) in [5, 5.41) is 0. The zero-order chi connectivity index (χ0) is 17.7. The second-order valence-corrected chi connectivity index (χ2v) is 8.85. The maximum Gasteiger partial charge on any atom is 0.227 e. The third-order valence-corrected chi connectivity index (χ3v) is 4.32. The molecule has 142 valence electrons. The van der Waals surface area contributed by atoms with Gasteiger partial charge in [-0.05, 0) is 32.1 Å². The molecule has 2 fully saturated rings. The Balaban J connectivity index is 0.000000425. The van der Waals surface area contributed by atoms with Gasteiger partial charge in [0.25, 0.3) is 0 Å². The van der Waals surface area contributed by atoms with Crippen molar-refractivity contribution >= 4 is 11.8 Å². The van der Waals surface area contributed by atoms with Crippen LogP contribution in [0.3, 0.4) is 0 Å². The first-order valence-electron chi connectivity index (χ1n) is 9.12. The fourth-order valence-corrected chi connectivity index (χ4v) is 2.97. The molecule has 0 N–H and O–H groups in total. The topological polar surface area (TPSA) is 40.6 Å². The molecule has 2 amide bonds. The Hall–Kier alpha value is -1.06. The normalized spacial score (nSPS) is 18.4. The Labute approximate surface area is 150 Å². The van der Waals surface area contributed by atoms with Gasteiger partial charge in [-0.3, -0.25) is 9.59 Å². The molecule has 2 heterocycles. The zero-order valence-corrected chi connectivity index (χ0v) is 16.1. The molecular weight excluding hydrogens is 300 g/mol. The Morgan fingerprint density at radius 1 is 0.583 bits per heavy atom. The fraction of sp³-hybridized carbons (Fsp3) is 0.900. The van der Waals surface area contributed by atoms with Crippen molar-refractivity contribution in [1.29, 1.82) is 0 Å². The molecule has 0 radical (unpaired) electrons. The van der Waals surface area contributed by atoms with E-state index in [9.17, 15) is 9.59 Å². The lowest BCUT2D eigenvalue weighted by Gasteiger charge is -2.32. The van der Waals surface area contributed by atoms with Crippen LogP contribution in [-0.2, 0) is 9.59 Å². The van der Waals surface area contributed by atoms with Crippen molar-refractivity contribution in [3.8, 4) is 0 Å². The molecule has 24 heavy (non-hydrogen) atoms. The van der Waals surface area contributed by atoms with Crippen molar-refractivity contribution in [2.75, 3.05) is 26.2 Å². The van der Waals surface area contributed by atoms with Crippen LogP contribution < -0.4 is 0 Å². The van der Waals surface area contributed by atoms with E-state index in [-0.39, 0.29) is 18.3 Å². The highest BCUT2D eigenvalue weighted by Crippen LogP contribution is 2.21. The van der Waals surface area contributed by atoms with E-state index in [1.54, 1.807) is 0 Å². The lowest BCUT2D eigenvalue weighted by Crippen LogP contribution is -2.42. The Morgan fingerprint density at radius 3 is 1.08 bits per heavy atom.